The predicted octanol–water partition coefficient (Wildman–Crippen LogP) is 2.23. The van der Waals surface area contributed by atoms with Crippen LogP contribution in [0.2, 0.25) is 0 Å². The Hall–Kier alpha value is -2.10. The number of aryl methyl sites for hydroxylation is 1. The molecule has 0 aliphatic heterocycles. The van der Waals surface area contributed by atoms with Gasteiger partial charge in [-0.3, -0.25) is 0 Å². The number of benzene rings is 1. The Bertz CT molecular complexity index is 542. The summed E-state index contributed by atoms with van der Waals surface area (Å²) in [6.07, 6.45) is -0.239. The molecule has 0 saturated carbocycles. The molecule has 1 aromatic carbocycles. The molecule has 0 amide bonds. The van der Waals surface area contributed by atoms with E-state index in [2.05, 4.69) is 0 Å². The predicted molar refractivity (Wildman–Crippen MR) is 58.9 cm³/mol. The molecule has 1 aliphatic rings. The first-order chi connectivity index (χ1) is 7.67. The molecular formula is C13H10N2O. The molecule has 3 heteroatoms. The molecule has 16 heavy (non-hydrogen) atoms. The van der Waals surface area contributed by atoms with Crippen LogP contribution in [0.4, 0.5) is 0 Å². The zero-order chi connectivity index (χ0) is 11.7. The average Bonchev–Trinajstić information content (AvgIpc) is 2.58. The maximum atomic E-state index is 9.83. The summed E-state index contributed by atoms with van der Waals surface area (Å²) in [5.74, 6) is 0. The third kappa shape index (κ3) is 1.48. The number of allylic oxidation sites excluding steroid dienone is 1. The van der Waals surface area contributed by atoms with Gasteiger partial charge in [0.05, 0.1) is 6.10 Å². The highest BCUT2D eigenvalue weighted by atomic mass is 16.3. The monoisotopic (exact) mass is 210 g/mol. The zero-order valence-electron chi connectivity index (χ0n) is 8.86. The second kappa shape index (κ2) is 3.81. The van der Waals surface area contributed by atoms with Gasteiger partial charge < -0.3 is 5.11 Å². The molecule has 0 aromatic heterocycles. The highest BCUT2D eigenvalue weighted by Gasteiger charge is 2.27. The second-order valence-corrected chi connectivity index (χ2v) is 3.89. The Morgan fingerprint density at radius 1 is 1.38 bits per heavy atom. The lowest BCUT2D eigenvalue weighted by atomic mass is 10.0. The summed E-state index contributed by atoms with van der Waals surface area (Å²) in [6.45, 7) is 1.95. The SMILES string of the molecule is Cc1ccc2c(c1)C(=C(C#N)C#N)CC2O. The van der Waals surface area contributed by atoms with E-state index >= 15 is 0 Å². The molecule has 0 saturated heterocycles. The van der Waals surface area contributed by atoms with Gasteiger partial charge in [-0.15, -0.1) is 0 Å². The van der Waals surface area contributed by atoms with Crippen LogP contribution in [0.25, 0.3) is 5.57 Å². The van der Waals surface area contributed by atoms with Crippen LogP contribution in [-0.4, -0.2) is 5.11 Å². The third-order valence-corrected chi connectivity index (χ3v) is 2.82. The first-order valence-corrected chi connectivity index (χ1v) is 4.99. The third-order valence-electron chi connectivity index (χ3n) is 2.82. The molecule has 0 radical (unpaired) electrons. The first kappa shape index (κ1) is 10.4. The van der Waals surface area contributed by atoms with Crippen molar-refractivity contribution in [2.24, 2.45) is 0 Å². The van der Waals surface area contributed by atoms with Crippen LogP contribution < -0.4 is 0 Å². The van der Waals surface area contributed by atoms with Crippen molar-refractivity contribution >= 4 is 5.57 Å². The summed E-state index contributed by atoms with van der Waals surface area (Å²) in [5, 5.41) is 27.5. The van der Waals surface area contributed by atoms with Crippen molar-refractivity contribution in [1.29, 1.82) is 10.5 Å². The van der Waals surface area contributed by atoms with Crippen molar-refractivity contribution in [3.05, 3.63) is 40.5 Å². The Kier molecular flexibility index (Phi) is 2.48. The van der Waals surface area contributed by atoms with E-state index in [4.69, 9.17) is 10.5 Å². The van der Waals surface area contributed by atoms with Gasteiger partial charge >= 0.3 is 0 Å². The smallest absolute Gasteiger partial charge is 0.133 e. The van der Waals surface area contributed by atoms with Gasteiger partial charge in [0.25, 0.3) is 0 Å². The van der Waals surface area contributed by atoms with Crippen LogP contribution in [0.15, 0.2) is 23.8 Å². The lowest BCUT2D eigenvalue weighted by Gasteiger charge is -2.03. The maximum Gasteiger partial charge on any atom is 0.133 e. The minimum atomic E-state index is -0.595. The highest BCUT2D eigenvalue weighted by molar-refractivity contribution is 5.81. The Morgan fingerprint density at radius 2 is 2.06 bits per heavy atom. The number of nitrogens with zero attached hydrogens (tertiary/aromatic N) is 2. The molecule has 1 N–H and O–H groups in total. The van der Waals surface area contributed by atoms with E-state index in [0.717, 1.165) is 16.7 Å². The van der Waals surface area contributed by atoms with Crippen LogP contribution in [0.5, 0.6) is 0 Å². The number of fused-ring (bicyclic) bond motifs is 1. The van der Waals surface area contributed by atoms with Crippen molar-refractivity contribution in [1.82, 2.24) is 0 Å². The zero-order valence-corrected chi connectivity index (χ0v) is 8.86. The molecule has 0 spiro atoms. The summed E-state index contributed by atoms with van der Waals surface area (Å²) in [7, 11) is 0. The second-order valence-electron chi connectivity index (χ2n) is 3.89. The van der Waals surface area contributed by atoms with E-state index in [1.807, 2.05) is 37.3 Å². The Labute approximate surface area is 93.9 Å². The average molecular weight is 210 g/mol. The van der Waals surface area contributed by atoms with Crippen molar-refractivity contribution in [3.63, 3.8) is 0 Å². The molecule has 78 valence electrons. The minimum absolute atomic E-state index is 0.100. The topological polar surface area (TPSA) is 67.8 Å². The summed E-state index contributed by atoms with van der Waals surface area (Å²) >= 11 is 0. The fourth-order valence-corrected chi connectivity index (χ4v) is 2.03. The summed E-state index contributed by atoms with van der Waals surface area (Å²) < 4.78 is 0. The molecular weight excluding hydrogens is 200 g/mol. The van der Waals surface area contributed by atoms with Crippen molar-refractivity contribution < 1.29 is 5.11 Å². The van der Waals surface area contributed by atoms with E-state index in [1.54, 1.807) is 0 Å². The van der Waals surface area contributed by atoms with Crippen LogP contribution in [0, 0.1) is 29.6 Å². The molecule has 2 rings (SSSR count). The fourth-order valence-electron chi connectivity index (χ4n) is 2.03. The van der Waals surface area contributed by atoms with Crippen LogP contribution >= 0.6 is 0 Å². The molecule has 3 nitrogen and oxygen atoms in total. The molecule has 0 heterocycles. The standard InChI is InChI=1S/C13H10N2O/c1-8-2-3-10-12(4-8)11(5-13(10)16)9(6-14)7-15/h2-4,13,16H,5H2,1H3. The molecule has 1 aliphatic carbocycles. The summed E-state index contributed by atoms with van der Waals surface area (Å²) in [6, 6.07) is 9.45. The van der Waals surface area contributed by atoms with E-state index < -0.39 is 6.10 Å². The first-order valence-electron chi connectivity index (χ1n) is 4.99. The van der Waals surface area contributed by atoms with E-state index in [9.17, 15) is 5.11 Å². The fraction of sp³-hybridized carbons (Fsp3) is 0.231. The lowest BCUT2D eigenvalue weighted by Crippen LogP contribution is -1.89. The maximum absolute atomic E-state index is 9.83. The molecule has 0 bridgehead atoms. The van der Waals surface area contributed by atoms with Crippen molar-refractivity contribution in [2.75, 3.05) is 0 Å². The van der Waals surface area contributed by atoms with Crippen LogP contribution in [0.3, 0.4) is 0 Å². The summed E-state index contributed by atoms with van der Waals surface area (Å²) in [5.41, 5.74) is 3.47. The summed E-state index contributed by atoms with van der Waals surface area (Å²) in [4.78, 5) is 0. The van der Waals surface area contributed by atoms with Crippen LogP contribution in [-0.2, 0) is 0 Å². The minimum Gasteiger partial charge on any atom is -0.388 e. The van der Waals surface area contributed by atoms with Crippen molar-refractivity contribution in [3.8, 4) is 12.1 Å². The van der Waals surface area contributed by atoms with Gasteiger partial charge in [0, 0.05) is 6.42 Å². The van der Waals surface area contributed by atoms with Gasteiger partial charge in [0.15, 0.2) is 0 Å². The lowest BCUT2D eigenvalue weighted by molar-refractivity contribution is 0.190. The Morgan fingerprint density at radius 3 is 2.69 bits per heavy atom. The molecule has 1 atom stereocenters. The van der Waals surface area contributed by atoms with Gasteiger partial charge in [-0.05, 0) is 23.6 Å². The Balaban J connectivity index is 2.69. The normalized spacial score (nSPS) is 17.5. The van der Waals surface area contributed by atoms with Crippen LogP contribution in [0.1, 0.15) is 29.2 Å². The quantitative estimate of drug-likeness (QED) is 0.667. The largest absolute Gasteiger partial charge is 0.388 e. The highest BCUT2D eigenvalue weighted by Crippen LogP contribution is 2.41. The van der Waals surface area contributed by atoms with E-state index in [-0.39, 0.29) is 5.57 Å². The van der Waals surface area contributed by atoms with Gasteiger partial charge in [0.1, 0.15) is 17.7 Å². The molecule has 1 unspecified atom stereocenters. The van der Waals surface area contributed by atoms with Gasteiger partial charge in [-0.2, -0.15) is 10.5 Å². The number of nitriles is 2. The van der Waals surface area contributed by atoms with Gasteiger partial charge in [-0.1, -0.05) is 23.8 Å². The van der Waals surface area contributed by atoms with Crippen molar-refractivity contribution in [2.45, 2.75) is 19.4 Å². The van der Waals surface area contributed by atoms with Gasteiger partial charge in [0.2, 0.25) is 0 Å². The van der Waals surface area contributed by atoms with Gasteiger partial charge in [-0.25, -0.2) is 0 Å². The van der Waals surface area contributed by atoms with E-state index in [1.165, 1.54) is 0 Å². The number of rotatable bonds is 0. The molecule has 1 aromatic rings. The number of hydrogen-bond acceptors (Lipinski definition) is 3. The van der Waals surface area contributed by atoms with E-state index in [0.29, 0.717) is 12.0 Å². The molecule has 0 fully saturated rings. The number of aliphatic hydroxyl groups is 1. The number of aliphatic hydroxyl groups excluding tert-OH is 1. The number of hydrogen-bond donors (Lipinski definition) is 1.